The molecule has 0 saturated carbocycles. The summed E-state index contributed by atoms with van der Waals surface area (Å²) in [6.07, 6.45) is 1.84. The van der Waals surface area contributed by atoms with Gasteiger partial charge in [-0.1, -0.05) is 12.1 Å². The quantitative estimate of drug-likeness (QED) is 0.776. The number of nitrogens with zero attached hydrogens (tertiary/aromatic N) is 2. The molecule has 1 saturated heterocycles. The molecule has 2 aromatic rings. The Labute approximate surface area is 154 Å². The highest BCUT2D eigenvalue weighted by Gasteiger charge is 2.16. The summed E-state index contributed by atoms with van der Waals surface area (Å²) in [5, 5.41) is 0. The van der Waals surface area contributed by atoms with Crippen LogP contribution in [-0.4, -0.2) is 49.9 Å². The zero-order chi connectivity index (χ0) is 18.4. The number of ether oxygens (including phenoxy) is 2. The number of carbonyl (C=O) groups excluding carboxylic acids is 1. The third-order valence-corrected chi connectivity index (χ3v) is 4.32. The van der Waals surface area contributed by atoms with Gasteiger partial charge in [0.1, 0.15) is 5.75 Å². The van der Waals surface area contributed by atoms with Crippen LogP contribution in [0.4, 0.5) is 5.69 Å². The molecule has 3 rings (SSSR count). The molecule has 5 nitrogen and oxygen atoms in total. The molecule has 1 aliphatic heterocycles. The van der Waals surface area contributed by atoms with Gasteiger partial charge < -0.3 is 14.4 Å². The minimum Gasteiger partial charge on any atom is -0.484 e. The van der Waals surface area contributed by atoms with Crippen molar-refractivity contribution in [1.82, 2.24) is 4.90 Å². The first kappa shape index (κ1) is 18.1. The van der Waals surface area contributed by atoms with Crippen LogP contribution in [0.1, 0.15) is 16.7 Å². The SMILES string of the molecule is Cc1ccc(C)c(N=Cc2ccc(OCC(=O)N3CCOCC3)cc2)c1. The van der Waals surface area contributed by atoms with Crippen molar-refractivity contribution in [2.75, 3.05) is 32.9 Å². The Morgan fingerprint density at radius 3 is 2.62 bits per heavy atom. The molecule has 0 radical (unpaired) electrons. The topological polar surface area (TPSA) is 51.1 Å². The summed E-state index contributed by atoms with van der Waals surface area (Å²) in [7, 11) is 0. The van der Waals surface area contributed by atoms with Gasteiger partial charge in [-0.05, 0) is 60.9 Å². The van der Waals surface area contributed by atoms with Crippen LogP contribution in [0.5, 0.6) is 5.75 Å². The molecule has 5 heteroatoms. The van der Waals surface area contributed by atoms with Crippen LogP contribution >= 0.6 is 0 Å². The molecular formula is C21H24N2O3. The summed E-state index contributed by atoms with van der Waals surface area (Å²) in [5.74, 6) is 0.671. The van der Waals surface area contributed by atoms with Crippen LogP contribution in [0.3, 0.4) is 0 Å². The van der Waals surface area contributed by atoms with Crippen LogP contribution < -0.4 is 4.74 Å². The van der Waals surface area contributed by atoms with E-state index in [-0.39, 0.29) is 12.5 Å². The summed E-state index contributed by atoms with van der Waals surface area (Å²) in [4.78, 5) is 18.4. The van der Waals surface area contributed by atoms with Crippen molar-refractivity contribution < 1.29 is 14.3 Å². The van der Waals surface area contributed by atoms with E-state index in [1.54, 1.807) is 4.90 Å². The number of rotatable bonds is 5. The maximum atomic E-state index is 12.1. The molecule has 0 unspecified atom stereocenters. The Morgan fingerprint density at radius 2 is 1.88 bits per heavy atom. The number of morpholine rings is 1. The maximum Gasteiger partial charge on any atom is 0.260 e. The molecule has 2 aromatic carbocycles. The van der Waals surface area contributed by atoms with Gasteiger partial charge in [0.15, 0.2) is 6.61 Å². The Hall–Kier alpha value is -2.66. The summed E-state index contributed by atoms with van der Waals surface area (Å²) < 4.78 is 10.8. The average molecular weight is 352 g/mol. The minimum absolute atomic E-state index is 0.00568. The van der Waals surface area contributed by atoms with Gasteiger partial charge in [0.05, 0.1) is 18.9 Å². The average Bonchev–Trinajstić information content (AvgIpc) is 2.68. The van der Waals surface area contributed by atoms with Crippen molar-refractivity contribution >= 4 is 17.8 Å². The number of carbonyl (C=O) groups is 1. The number of hydrogen-bond acceptors (Lipinski definition) is 4. The van der Waals surface area contributed by atoms with Crippen LogP contribution in [0, 0.1) is 13.8 Å². The highest BCUT2D eigenvalue weighted by molar-refractivity contribution is 5.82. The van der Waals surface area contributed by atoms with E-state index < -0.39 is 0 Å². The second-order valence-electron chi connectivity index (χ2n) is 6.40. The number of hydrogen-bond donors (Lipinski definition) is 0. The predicted molar refractivity (Wildman–Crippen MR) is 103 cm³/mol. The largest absolute Gasteiger partial charge is 0.484 e. The van der Waals surface area contributed by atoms with Gasteiger partial charge in [0, 0.05) is 19.3 Å². The lowest BCUT2D eigenvalue weighted by Gasteiger charge is -2.26. The zero-order valence-corrected chi connectivity index (χ0v) is 15.3. The summed E-state index contributed by atoms with van der Waals surface area (Å²) in [6.45, 7) is 6.62. The molecule has 26 heavy (non-hydrogen) atoms. The Balaban J connectivity index is 1.55. The molecule has 0 aromatic heterocycles. The van der Waals surface area contributed by atoms with Crippen molar-refractivity contribution in [3.8, 4) is 5.75 Å². The Bertz CT molecular complexity index is 778. The normalized spacial score (nSPS) is 14.6. The van der Waals surface area contributed by atoms with Gasteiger partial charge in [0.25, 0.3) is 5.91 Å². The van der Waals surface area contributed by atoms with Gasteiger partial charge in [-0.2, -0.15) is 0 Å². The van der Waals surface area contributed by atoms with Gasteiger partial charge in [-0.15, -0.1) is 0 Å². The predicted octanol–water partition coefficient (Wildman–Crippen LogP) is 3.29. The van der Waals surface area contributed by atoms with E-state index in [1.807, 2.05) is 30.5 Å². The Morgan fingerprint density at radius 1 is 1.15 bits per heavy atom. The molecule has 0 spiro atoms. The fraction of sp³-hybridized carbons (Fsp3) is 0.333. The summed E-state index contributed by atoms with van der Waals surface area (Å²) in [5.41, 5.74) is 4.30. The minimum atomic E-state index is -0.00568. The monoisotopic (exact) mass is 352 g/mol. The number of benzene rings is 2. The number of aliphatic imine (C=N–C) groups is 1. The van der Waals surface area contributed by atoms with Gasteiger partial charge >= 0.3 is 0 Å². The molecule has 1 amide bonds. The fourth-order valence-electron chi connectivity index (χ4n) is 2.70. The summed E-state index contributed by atoms with van der Waals surface area (Å²) >= 11 is 0. The van der Waals surface area contributed by atoms with Gasteiger partial charge in [-0.25, -0.2) is 0 Å². The van der Waals surface area contributed by atoms with E-state index in [9.17, 15) is 4.79 Å². The zero-order valence-electron chi connectivity index (χ0n) is 15.3. The first-order valence-electron chi connectivity index (χ1n) is 8.81. The molecule has 0 aliphatic carbocycles. The number of amides is 1. The second kappa shape index (κ2) is 8.63. The van der Waals surface area contributed by atoms with Crippen molar-refractivity contribution in [2.45, 2.75) is 13.8 Å². The van der Waals surface area contributed by atoms with E-state index in [0.717, 1.165) is 16.8 Å². The van der Waals surface area contributed by atoms with E-state index in [4.69, 9.17) is 9.47 Å². The lowest BCUT2D eigenvalue weighted by Crippen LogP contribution is -2.42. The lowest BCUT2D eigenvalue weighted by molar-refractivity contribution is -0.137. The smallest absolute Gasteiger partial charge is 0.260 e. The molecule has 136 valence electrons. The van der Waals surface area contributed by atoms with Gasteiger partial charge in [-0.3, -0.25) is 9.79 Å². The lowest BCUT2D eigenvalue weighted by atomic mass is 10.1. The van der Waals surface area contributed by atoms with Crippen LogP contribution in [0.15, 0.2) is 47.5 Å². The third-order valence-electron chi connectivity index (χ3n) is 4.32. The number of aryl methyl sites for hydroxylation is 2. The van der Waals surface area contributed by atoms with Crippen molar-refractivity contribution in [3.63, 3.8) is 0 Å². The maximum absolute atomic E-state index is 12.1. The molecule has 0 atom stereocenters. The highest BCUT2D eigenvalue weighted by Crippen LogP contribution is 2.20. The van der Waals surface area contributed by atoms with Crippen LogP contribution in [0.2, 0.25) is 0 Å². The third kappa shape index (κ3) is 4.92. The van der Waals surface area contributed by atoms with E-state index in [1.165, 1.54) is 5.56 Å². The molecule has 0 N–H and O–H groups in total. The first-order chi connectivity index (χ1) is 12.6. The molecule has 1 aliphatic rings. The highest BCUT2D eigenvalue weighted by atomic mass is 16.5. The Kier molecular flexibility index (Phi) is 6.02. The van der Waals surface area contributed by atoms with E-state index in [0.29, 0.717) is 32.1 Å². The standard InChI is InChI=1S/C21H24N2O3/c1-16-3-4-17(2)20(13-16)22-14-18-5-7-19(8-6-18)26-15-21(24)23-9-11-25-12-10-23/h3-8,13-14H,9-12,15H2,1-2H3. The molecule has 1 fully saturated rings. The molecular weight excluding hydrogens is 328 g/mol. The van der Waals surface area contributed by atoms with Crippen LogP contribution in [0.25, 0.3) is 0 Å². The summed E-state index contributed by atoms with van der Waals surface area (Å²) in [6, 6.07) is 13.8. The fourth-order valence-corrected chi connectivity index (χ4v) is 2.70. The van der Waals surface area contributed by atoms with Crippen molar-refractivity contribution in [2.24, 2.45) is 4.99 Å². The van der Waals surface area contributed by atoms with Crippen LogP contribution in [-0.2, 0) is 9.53 Å². The van der Waals surface area contributed by atoms with E-state index >= 15 is 0 Å². The molecule has 1 heterocycles. The van der Waals surface area contributed by atoms with Crippen molar-refractivity contribution in [3.05, 3.63) is 59.2 Å². The first-order valence-corrected chi connectivity index (χ1v) is 8.81. The van der Waals surface area contributed by atoms with E-state index in [2.05, 4.69) is 37.0 Å². The molecule has 0 bridgehead atoms. The second-order valence-corrected chi connectivity index (χ2v) is 6.40. The van der Waals surface area contributed by atoms with Crippen molar-refractivity contribution in [1.29, 1.82) is 0 Å². The van der Waals surface area contributed by atoms with Gasteiger partial charge in [0.2, 0.25) is 0 Å².